The second-order valence-electron chi connectivity index (χ2n) is 4.00. The van der Waals surface area contributed by atoms with Crippen molar-refractivity contribution in [2.24, 2.45) is 11.5 Å². The van der Waals surface area contributed by atoms with Crippen LogP contribution in [-0.2, 0) is 0 Å². The lowest BCUT2D eigenvalue weighted by Crippen LogP contribution is -2.53. The van der Waals surface area contributed by atoms with E-state index in [0.29, 0.717) is 0 Å². The molecule has 0 aromatic heterocycles. The lowest BCUT2D eigenvalue weighted by Gasteiger charge is -2.37. The van der Waals surface area contributed by atoms with Crippen LogP contribution in [0.3, 0.4) is 0 Å². The van der Waals surface area contributed by atoms with Gasteiger partial charge in [-0.05, 0) is 25.9 Å². The SMILES string of the molecule is CCC(N)N1CCN(CCCN)CC1. The van der Waals surface area contributed by atoms with Crippen LogP contribution >= 0.6 is 0 Å². The Morgan fingerprint density at radius 3 is 2.36 bits per heavy atom. The highest BCUT2D eigenvalue weighted by atomic mass is 15.3. The van der Waals surface area contributed by atoms with Gasteiger partial charge in [0, 0.05) is 26.2 Å². The molecule has 0 radical (unpaired) electrons. The van der Waals surface area contributed by atoms with Crippen molar-refractivity contribution >= 4 is 0 Å². The molecule has 1 rings (SSSR count). The summed E-state index contributed by atoms with van der Waals surface area (Å²) in [6.45, 7) is 8.60. The van der Waals surface area contributed by atoms with E-state index in [-0.39, 0.29) is 6.17 Å². The summed E-state index contributed by atoms with van der Waals surface area (Å²) < 4.78 is 0. The number of nitrogens with two attached hydrogens (primary N) is 2. The first-order valence-electron chi connectivity index (χ1n) is 5.70. The van der Waals surface area contributed by atoms with Crippen LogP contribution < -0.4 is 11.5 Å². The smallest absolute Gasteiger partial charge is 0.0570 e. The molecule has 1 atom stereocenters. The Labute approximate surface area is 87.2 Å². The van der Waals surface area contributed by atoms with Gasteiger partial charge in [-0.15, -0.1) is 0 Å². The van der Waals surface area contributed by atoms with Crippen LogP contribution in [0.1, 0.15) is 19.8 Å². The van der Waals surface area contributed by atoms with Crippen LogP contribution in [0.25, 0.3) is 0 Å². The molecule has 0 saturated carbocycles. The molecule has 1 aliphatic rings. The van der Waals surface area contributed by atoms with Gasteiger partial charge in [-0.3, -0.25) is 4.90 Å². The van der Waals surface area contributed by atoms with E-state index in [4.69, 9.17) is 11.5 Å². The lowest BCUT2D eigenvalue weighted by molar-refractivity contribution is 0.0959. The molecule has 0 aromatic rings. The van der Waals surface area contributed by atoms with E-state index in [1.807, 2.05) is 0 Å². The van der Waals surface area contributed by atoms with Crippen molar-refractivity contribution in [2.45, 2.75) is 25.9 Å². The number of nitrogens with zero attached hydrogens (tertiary/aromatic N) is 2. The largest absolute Gasteiger partial charge is 0.330 e. The van der Waals surface area contributed by atoms with Crippen molar-refractivity contribution in [3.05, 3.63) is 0 Å². The molecule has 4 nitrogen and oxygen atoms in total. The zero-order valence-electron chi connectivity index (χ0n) is 9.28. The Balaban J connectivity index is 2.17. The molecule has 0 aromatic carbocycles. The third-order valence-electron chi connectivity index (χ3n) is 2.97. The minimum absolute atomic E-state index is 0.256. The summed E-state index contributed by atoms with van der Waals surface area (Å²) in [7, 11) is 0. The third kappa shape index (κ3) is 3.53. The summed E-state index contributed by atoms with van der Waals surface area (Å²) in [4.78, 5) is 4.85. The van der Waals surface area contributed by atoms with E-state index in [0.717, 1.165) is 52.1 Å². The zero-order valence-corrected chi connectivity index (χ0v) is 9.28. The average molecular weight is 200 g/mol. The molecule has 0 bridgehead atoms. The summed E-state index contributed by atoms with van der Waals surface area (Å²) >= 11 is 0. The molecule has 1 aliphatic heterocycles. The molecular weight excluding hydrogens is 176 g/mol. The van der Waals surface area contributed by atoms with Gasteiger partial charge in [-0.1, -0.05) is 6.92 Å². The first-order valence-corrected chi connectivity index (χ1v) is 5.70. The molecule has 4 heteroatoms. The van der Waals surface area contributed by atoms with Gasteiger partial charge in [-0.25, -0.2) is 0 Å². The molecule has 0 spiro atoms. The Morgan fingerprint density at radius 2 is 1.86 bits per heavy atom. The van der Waals surface area contributed by atoms with Gasteiger partial charge in [-0.2, -0.15) is 0 Å². The molecule has 1 unspecified atom stereocenters. The molecule has 0 aliphatic carbocycles. The molecule has 84 valence electrons. The van der Waals surface area contributed by atoms with Crippen molar-refractivity contribution in [1.82, 2.24) is 9.80 Å². The molecule has 1 fully saturated rings. The molecule has 1 heterocycles. The van der Waals surface area contributed by atoms with Crippen molar-refractivity contribution in [1.29, 1.82) is 0 Å². The Hall–Kier alpha value is -0.160. The van der Waals surface area contributed by atoms with Crippen LogP contribution in [0.5, 0.6) is 0 Å². The number of rotatable bonds is 5. The minimum atomic E-state index is 0.256. The summed E-state index contributed by atoms with van der Waals surface area (Å²) in [5.41, 5.74) is 11.5. The van der Waals surface area contributed by atoms with E-state index in [1.165, 1.54) is 0 Å². The summed E-state index contributed by atoms with van der Waals surface area (Å²) in [6, 6.07) is 0. The second-order valence-corrected chi connectivity index (χ2v) is 4.00. The van der Waals surface area contributed by atoms with Gasteiger partial charge in [0.15, 0.2) is 0 Å². The first kappa shape index (κ1) is 11.9. The predicted octanol–water partition coefficient (Wildman–Crippen LogP) is -0.352. The summed E-state index contributed by atoms with van der Waals surface area (Å²) in [6.07, 6.45) is 2.41. The van der Waals surface area contributed by atoms with Gasteiger partial charge < -0.3 is 16.4 Å². The summed E-state index contributed by atoms with van der Waals surface area (Å²) in [5.74, 6) is 0. The van der Waals surface area contributed by atoms with Crippen LogP contribution in [0.4, 0.5) is 0 Å². The maximum absolute atomic E-state index is 5.98. The van der Waals surface area contributed by atoms with E-state index in [2.05, 4.69) is 16.7 Å². The van der Waals surface area contributed by atoms with Crippen molar-refractivity contribution < 1.29 is 0 Å². The zero-order chi connectivity index (χ0) is 10.4. The maximum atomic E-state index is 5.98. The first-order chi connectivity index (χ1) is 6.77. The topological polar surface area (TPSA) is 58.5 Å². The fraction of sp³-hybridized carbons (Fsp3) is 1.00. The summed E-state index contributed by atoms with van der Waals surface area (Å²) in [5, 5.41) is 0. The second kappa shape index (κ2) is 6.35. The Morgan fingerprint density at radius 1 is 1.21 bits per heavy atom. The third-order valence-corrected chi connectivity index (χ3v) is 2.97. The highest BCUT2D eigenvalue weighted by Gasteiger charge is 2.19. The van der Waals surface area contributed by atoms with Gasteiger partial charge in [0.2, 0.25) is 0 Å². The Kier molecular flexibility index (Phi) is 5.40. The normalized spacial score (nSPS) is 22.5. The van der Waals surface area contributed by atoms with Crippen LogP contribution in [0, 0.1) is 0 Å². The van der Waals surface area contributed by atoms with Gasteiger partial charge >= 0.3 is 0 Å². The quantitative estimate of drug-likeness (QED) is 0.637. The van der Waals surface area contributed by atoms with Crippen molar-refractivity contribution in [3.63, 3.8) is 0 Å². The standard InChI is InChI=1S/C10H24N4/c1-2-10(12)14-8-6-13(7-9-14)5-3-4-11/h10H,2-9,11-12H2,1H3. The number of hydrogen-bond acceptors (Lipinski definition) is 4. The van der Waals surface area contributed by atoms with Gasteiger partial charge in [0.1, 0.15) is 0 Å². The lowest BCUT2D eigenvalue weighted by atomic mass is 10.2. The number of hydrogen-bond donors (Lipinski definition) is 2. The molecule has 1 saturated heterocycles. The monoisotopic (exact) mass is 200 g/mol. The molecule has 0 amide bonds. The fourth-order valence-corrected chi connectivity index (χ4v) is 1.89. The van der Waals surface area contributed by atoms with E-state index >= 15 is 0 Å². The maximum Gasteiger partial charge on any atom is 0.0570 e. The van der Waals surface area contributed by atoms with Gasteiger partial charge in [0.25, 0.3) is 0 Å². The van der Waals surface area contributed by atoms with E-state index in [1.54, 1.807) is 0 Å². The van der Waals surface area contributed by atoms with Crippen molar-refractivity contribution in [2.75, 3.05) is 39.3 Å². The number of piperazine rings is 1. The van der Waals surface area contributed by atoms with E-state index < -0.39 is 0 Å². The Bertz CT molecular complexity index is 143. The molecule has 14 heavy (non-hydrogen) atoms. The van der Waals surface area contributed by atoms with Crippen LogP contribution in [-0.4, -0.2) is 55.2 Å². The van der Waals surface area contributed by atoms with Crippen LogP contribution in [0.15, 0.2) is 0 Å². The fourth-order valence-electron chi connectivity index (χ4n) is 1.89. The van der Waals surface area contributed by atoms with Crippen molar-refractivity contribution in [3.8, 4) is 0 Å². The predicted molar refractivity (Wildman–Crippen MR) is 60.0 cm³/mol. The highest BCUT2D eigenvalue weighted by molar-refractivity contribution is 4.74. The minimum Gasteiger partial charge on any atom is -0.330 e. The molecule has 4 N–H and O–H groups in total. The molecular formula is C10H24N4. The van der Waals surface area contributed by atoms with E-state index in [9.17, 15) is 0 Å². The average Bonchev–Trinajstić information content (AvgIpc) is 2.26. The van der Waals surface area contributed by atoms with Gasteiger partial charge in [0.05, 0.1) is 6.17 Å². The van der Waals surface area contributed by atoms with Crippen LogP contribution in [0.2, 0.25) is 0 Å². The highest BCUT2D eigenvalue weighted by Crippen LogP contribution is 2.05.